The molecule has 1 aliphatic rings. The van der Waals surface area contributed by atoms with Crippen molar-refractivity contribution >= 4 is 44.8 Å². The molecule has 6 nitrogen and oxygen atoms in total. The Bertz CT molecular complexity index is 906. The number of hydrogen-bond donors (Lipinski definition) is 2. The molecule has 4 rings (SSSR count). The number of rotatable bonds is 4. The van der Waals surface area contributed by atoms with E-state index in [4.69, 9.17) is 0 Å². The fraction of sp³-hybridized carbons (Fsp3) is 0.176. The first-order chi connectivity index (χ1) is 12.2. The number of benzene rings is 1. The van der Waals surface area contributed by atoms with Crippen molar-refractivity contribution in [3.63, 3.8) is 0 Å². The van der Waals surface area contributed by atoms with E-state index >= 15 is 0 Å². The van der Waals surface area contributed by atoms with E-state index < -0.39 is 0 Å². The molecule has 0 fully saturated rings. The van der Waals surface area contributed by atoms with Crippen LogP contribution in [0.1, 0.15) is 33.3 Å². The largest absolute Gasteiger partial charge is 0.301 e. The van der Waals surface area contributed by atoms with Gasteiger partial charge in [0.15, 0.2) is 10.3 Å². The van der Waals surface area contributed by atoms with Gasteiger partial charge < -0.3 is 5.32 Å². The van der Waals surface area contributed by atoms with Crippen LogP contribution < -0.4 is 10.6 Å². The maximum atomic E-state index is 12.5. The van der Waals surface area contributed by atoms with Crippen LogP contribution in [-0.2, 0) is 11.2 Å². The highest BCUT2D eigenvalue weighted by molar-refractivity contribution is 7.16. The quantitative estimate of drug-likeness (QED) is 0.736. The first kappa shape index (κ1) is 15.9. The third-order valence-electron chi connectivity index (χ3n) is 3.95. The Morgan fingerprint density at radius 2 is 1.96 bits per heavy atom. The molecular weight excluding hydrogens is 356 g/mol. The monoisotopic (exact) mass is 370 g/mol. The number of amides is 2. The molecule has 1 aromatic carbocycles. The van der Waals surface area contributed by atoms with Gasteiger partial charge in [0.25, 0.3) is 5.91 Å². The summed E-state index contributed by atoms with van der Waals surface area (Å²) in [6, 6.07) is 8.99. The average molecular weight is 370 g/mol. The number of carbonyl (C=O) groups is 2. The van der Waals surface area contributed by atoms with Gasteiger partial charge in [-0.25, -0.2) is 9.97 Å². The van der Waals surface area contributed by atoms with Crippen molar-refractivity contribution in [1.82, 2.24) is 9.97 Å². The molecule has 1 atom stereocenters. The number of aryl methyl sites for hydroxylation is 1. The Morgan fingerprint density at radius 1 is 1.12 bits per heavy atom. The fourth-order valence-corrected chi connectivity index (χ4v) is 4.34. The molecule has 0 saturated heterocycles. The van der Waals surface area contributed by atoms with E-state index in [1.165, 1.54) is 22.7 Å². The summed E-state index contributed by atoms with van der Waals surface area (Å²) in [5.74, 6) is -0.589. The van der Waals surface area contributed by atoms with Crippen LogP contribution in [0.15, 0.2) is 41.9 Å². The van der Waals surface area contributed by atoms with Crippen molar-refractivity contribution in [2.75, 3.05) is 10.6 Å². The van der Waals surface area contributed by atoms with Crippen LogP contribution in [0.4, 0.5) is 10.3 Å². The predicted octanol–water partition coefficient (Wildman–Crippen LogP) is 3.52. The van der Waals surface area contributed by atoms with E-state index in [2.05, 4.69) is 20.6 Å². The second-order valence-electron chi connectivity index (χ2n) is 5.57. The molecule has 0 spiro atoms. The number of carbonyl (C=O) groups excluding carboxylic acids is 2. The van der Waals surface area contributed by atoms with Gasteiger partial charge in [0, 0.05) is 22.0 Å². The van der Waals surface area contributed by atoms with Crippen LogP contribution in [0.3, 0.4) is 0 Å². The number of nitrogens with zero attached hydrogens (tertiary/aromatic N) is 2. The Balaban J connectivity index is 1.48. The predicted molar refractivity (Wildman–Crippen MR) is 98.3 cm³/mol. The van der Waals surface area contributed by atoms with E-state index in [0.29, 0.717) is 15.8 Å². The molecule has 2 aromatic heterocycles. The standard InChI is InChI=1S/C17H14N4O2S2/c22-14(10-4-2-1-3-5-10)20-17-19-13-11(6-7-12(13)25-17)15(23)21-16-18-8-9-24-16/h1-5,8-9,11H,6-7H2,(H,18,21,23)(H,19,20,22). The van der Waals surface area contributed by atoms with Crippen molar-refractivity contribution in [1.29, 1.82) is 0 Å². The lowest BCUT2D eigenvalue weighted by Gasteiger charge is -2.08. The number of anilines is 2. The van der Waals surface area contributed by atoms with Crippen LogP contribution in [-0.4, -0.2) is 21.8 Å². The minimum atomic E-state index is -0.294. The van der Waals surface area contributed by atoms with Crippen LogP contribution in [0, 0.1) is 0 Å². The number of thiazole rings is 2. The zero-order chi connectivity index (χ0) is 17.2. The van der Waals surface area contributed by atoms with Crippen molar-refractivity contribution in [2.45, 2.75) is 18.8 Å². The summed E-state index contributed by atoms with van der Waals surface area (Å²) in [7, 11) is 0. The highest BCUT2D eigenvalue weighted by Crippen LogP contribution is 2.39. The molecule has 1 aliphatic carbocycles. The van der Waals surface area contributed by atoms with E-state index in [9.17, 15) is 9.59 Å². The molecular formula is C17H14N4O2S2. The number of fused-ring (bicyclic) bond motifs is 1. The molecule has 8 heteroatoms. The molecule has 0 aliphatic heterocycles. The van der Waals surface area contributed by atoms with E-state index in [1.807, 2.05) is 23.6 Å². The summed E-state index contributed by atoms with van der Waals surface area (Å²) >= 11 is 2.82. The second kappa shape index (κ2) is 6.73. The van der Waals surface area contributed by atoms with Crippen LogP contribution in [0.5, 0.6) is 0 Å². The maximum absolute atomic E-state index is 12.5. The van der Waals surface area contributed by atoms with E-state index in [0.717, 1.165) is 23.4 Å². The maximum Gasteiger partial charge on any atom is 0.257 e. The zero-order valence-corrected chi connectivity index (χ0v) is 14.7. The van der Waals surface area contributed by atoms with Gasteiger partial charge in [-0.05, 0) is 25.0 Å². The van der Waals surface area contributed by atoms with Gasteiger partial charge in [-0.2, -0.15) is 0 Å². The molecule has 3 aromatic rings. The third-order valence-corrected chi connectivity index (χ3v) is 5.69. The third kappa shape index (κ3) is 3.31. The van der Waals surface area contributed by atoms with Crippen LogP contribution >= 0.6 is 22.7 Å². The van der Waals surface area contributed by atoms with Crippen molar-refractivity contribution in [2.24, 2.45) is 0 Å². The zero-order valence-electron chi connectivity index (χ0n) is 13.1. The number of aromatic nitrogens is 2. The summed E-state index contributed by atoms with van der Waals surface area (Å²) in [4.78, 5) is 34.3. The summed E-state index contributed by atoms with van der Waals surface area (Å²) in [5.41, 5.74) is 1.35. The molecule has 0 radical (unpaired) electrons. The first-order valence-electron chi connectivity index (χ1n) is 7.77. The van der Waals surface area contributed by atoms with Crippen molar-refractivity contribution in [3.05, 3.63) is 58.0 Å². The van der Waals surface area contributed by atoms with Gasteiger partial charge >= 0.3 is 0 Å². The number of nitrogens with one attached hydrogen (secondary N) is 2. The number of hydrogen-bond acceptors (Lipinski definition) is 6. The van der Waals surface area contributed by atoms with Crippen molar-refractivity contribution < 1.29 is 9.59 Å². The van der Waals surface area contributed by atoms with Gasteiger partial charge in [-0.3, -0.25) is 14.9 Å². The van der Waals surface area contributed by atoms with Crippen LogP contribution in [0.2, 0.25) is 0 Å². The first-order valence-corrected chi connectivity index (χ1v) is 9.46. The topological polar surface area (TPSA) is 84.0 Å². The summed E-state index contributed by atoms with van der Waals surface area (Å²) in [5, 5.41) is 8.58. The van der Waals surface area contributed by atoms with Gasteiger partial charge in [0.2, 0.25) is 5.91 Å². The Morgan fingerprint density at radius 3 is 2.72 bits per heavy atom. The highest BCUT2D eigenvalue weighted by atomic mass is 32.1. The van der Waals surface area contributed by atoms with Gasteiger partial charge in [-0.15, -0.1) is 22.7 Å². The molecule has 25 heavy (non-hydrogen) atoms. The lowest BCUT2D eigenvalue weighted by atomic mass is 10.1. The highest BCUT2D eigenvalue weighted by Gasteiger charge is 2.33. The molecule has 0 saturated carbocycles. The fourth-order valence-electron chi connectivity index (χ4n) is 2.77. The van der Waals surface area contributed by atoms with Gasteiger partial charge in [0.05, 0.1) is 11.6 Å². The molecule has 126 valence electrons. The SMILES string of the molecule is O=C(Nc1nc2c(s1)CCC2C(=O)Nc1nccs1)c1ccccc1. The Kier molecular flexibility index (Phi) is 4.29. The average Bonchev–Trinajstić information content (AvgIpc) is 3.32. The van der Waals surface area contributed by atoms with E-state index in [-0.39, 0.29) is 17.7 Å². The van der Waals surface area contributed by atoms with Gasteiger partial charge in [-0.1, -0.05) is 18.2 Å². The lowest BCUT2D eigenvalue weighted by molar-refractivity contribution is -0.117. The second-order valence-corrected chi connectivity index (χ2v) is 7.54. The van der Waals surface area contributed by atoms with Crippen molar-refractivity contribution in [3.8, 4) is 0 Å². The summed E-state index contributed by atoms with van der Waals surface area (Å²) < 4.78 is 0. The summed E-state index contributed by atoms with van der Waals surface area (Å²) in [6.07, 6.45) is 3.18. The smallest absolute Gasteiger partial charge is 0.257 e. The minimum Gasteiger partial charge on any atom is -0.301 e. The molecule has 0 bridgehead atoms. The van der Waals surface area contributed by atoms with E-state index in [1.54, 1.807) is 18.3 Å². The molecule has 2 amide bonds. The molecule has 2 heterocycles. The molecule has 2 N–H and O–H groups in total. The Labute approximate surface area is 152 Å². The normalized spacial score (nSPS) is 15.6. The van der Waals surface area contributed by atoms with Gasteiger partial charge in [0.1, 0.15) is 0 Å². The summed E-state index contributed by atoms with van der Waals surface area (Å²) in [6.45, 7) is 0. The minimum absolute atomic E-state index is 0.0973. The Hall–Kier alpha value is -2.58. The van der Waals surface area contributed by atoms with Crippen LogP contribution in [0.25, 0.3) is 0 Å². The lowest BCUT2D eigenvalue weighted by Crippen LogP contribution is -2.20. The molecule has 1 unspecified atom stereocenters.